The standard InChI is InChI=1S/C28H35NO6/c1-5-33-21-13-11-20(12-14-21)29-26(30)17-34-27(31)23-8-6-7-9-24(23)28(32)35-25-16-19(4)10-15-22(25)18(2)3/h6-9,11-14,18-19,22,25H,5,10,15-17H2,1-4H3,(H,29,30)/t19-,22-,25+/m0/s1. The quantitative estimate of drug-likeness (QED) is 0.476. The Bertz CT molecular complexity index is 1020. The highest BCUT2D eigenvalue weighted by molar-refractivity contribution is 6.04. The van der Waals surface area contributed by atoms with Gasteiger partial charge in [-0.1, -0.05) is 39.3 Å². The zero-order valence-corrected chi connectivity index (χ0v) is 20.9. The summed E-state index contributed by atoms with van der Waals surface area (Å²) in [5, 5.41) is 2.67. The highest BCUT2D eigenvalue weighted by Crippen LogP contribution is 2.35. The maximum atomic E-state index is 13.0. The van der Waals surface area contributed by atoms with Crippen molar-refractivity contribution in [1.82, 2.24) is 0 Å². The number of hydrogen-bond acceptors (Lipinski definition) is 6. The molecule has 0 radical (unpaired) electrons. The predicted octanol–water partition coefficient (Wildman–Crippen LogP) is 5.50. The van der Waals surface area contributed by atoms with Crippen LogP contribution in [0.3, 0.4) is 0 Å². The lowest BCUT2D eigenvalue weighted by Crippen LogP contribution is -2.36. The first-order chi connectivity index (χ1) is 16.8. The summed E-state index contributed by atoms with van der Waals surface area (Å²) in [6, 6.07) is 13.3. The molecule has 3 rings (SSSR count). The van der Waals surface area contributed by atoms with E-state index in [0.29, 0.717) is 35.8 Å². The summed E-state index contributed by atoms with van der Waals surface area (Å²) in [6.45, 7) is 8.41. The van der Waals surface area contributed by atoms with Crippen molar-refractivity contribution in [3.8, 4) is 5.75 Å². The minimum atomic E-state index is -0.753. The van der Waals surface area contributed by atoms with E-state index >= 15 is 0 Å². The van der Waals surface area contributed by atoms with Crippen LogP contribution in [0.1, 0.15) is 67.7 Å². The van der Waals surface area contributed by atoms with Gasteiger partial charge in [0.25, 0.3) is 5.91 Å². The van der Waals surface area contributed by atoms with Crippen molar-refractivity contribution in [2.45, 2.75) is 53.1 Å². The van der Waals surface area contributed by atoms with Gasteiger partial charge in [0.2, 0.25) is 0 Å². The summed E-state index contributed by atoms with van der Waals surface area (Å²) in [5.74, 6) is 0.0890. The number of carbonyl (C=O) groups is 3. The fourth-order valence-electron chi connectivity index (χ4n) is 4.50. The van der Waals surface area contributed by atoms with Crippen molar-refractivity contribution >= 4 is 23.5 Å². The number of rotatable bonds is 9. The summed E-state index contributed by atoms with van der Waals surface area (Å²) in [5.41, 5.74) is 0.779. The van der Waals surface area contributed by atoms with Crippen LogP contribution in [0.4, 0.5) is 5.69 Å². The molecule has 7 heteroatoms. The molecule has 35 heavy (non-hydrogen) atoms. The molecule has 1 aliphatic rings. The van der Waals surface area contributed by atoms with Crippen LogP contribution in [0.2, 0.25) is 0 Å². The van der Waals surface area contributed by atoms with E-state index in [2.05, 4.69) is 26.1 Å². The summed E-state index contributed by atoms with van der Waals surface area (Å²) >= 11 is 0. The molecule has 2 aromatic carbocycles. The lowest BCUT2D eigenvalue weighted by atomic mass is 9.75. The fourth-order valence-corrected chi connectivity index (χ4v) is 4.50. The number of ether oxygens (including phenoxy) is 3. The van der Waals surface area contributed by atoms with Crippen molar-refractivity contribution in [3.05, 3.63) is 59.7 Å². The molecule has 0 aromatic heterocycles. The normalized spacial score (nSPS) is 19.6. The van der Waals surface area contributed by atoms with Crippen LogP contribution in [0.5, 0.6) is 5.75 Å². The third-order valence-corrected chi connectivity index (χ3v) is 6.37. The van der Waals surface area contributed by atoms with E-state index in [1.165, 1.54) is 6.07 Å². The van der Waals surface area contributed by atoms with E-state index < -0.39 is 24.5 Å². The topological polar surface area (TPSA) is 90.9 Å². The van der Waals surface area contributed by atoms with Gasteiger partial charge in [-0.25, -0.2) is 9.59 Å². The second kappa shape index (κ2) is 12.4. The van der Waals surface area contributed by atoms with Crippen LogP contribution < -0.4 is 10.1 Å². The van der Waals surface area contributed by atoms with Crippen LogP contribution in [-0.2, 0) is 14.3 Å². The summed E-state index contributed by atoms with van der Waals surface area (Å²) in [7, 11) is 0. The number of nitrogens with one attached hydrogen (secondary N) is 1. The summed E-state index contributed by atoms with van der Waals surface area (Å²) in [4.78, 5) is 38.0. The van der Waals surface area contributed by atoms with Crippen LogP contribution in [-0.4, -0.2) is 37.2 Å². The maximum absolute atomic E-state index is 13.0. The number of hydrogen-bond donors (Lipinski definition) is 1. The Morgan fingerprint density at radius 1 is 0.971 bits per heavy atom. The van der Waals surface area contributed by atoms with E-state index in [-0.39, 0.29) is 17.2 Å². The molecule has 0 bridgehead atoms. The first-order valence-electron chi connectivity index (χ1n) is 12.3. The molecule has 1 saturated carbocycles. The highest BCUT2D eigenvalue weighted by atomic mass is 16.5. The van der Waals surface area contributed by atoms with E-state index in [1.54, 1.807) is 42.5 Å². The Hall–Kier alpha value is -3.35. The number of amides is 1. The molecular weight excluding hydrogens is 446 g/mol. The Balaban J connectivity index is 1.60. The molecule has 0 spiro atoms. The van der Waals surface area contributed by atoms with Crippen molar-refractivity contribution in [2.24, 2.45) is 17.8 Å². The molecule has 1 N–H and O–H groups in total. The minimum Gasteiger partial charge on any atom is -0.494 e. The summed E-state index contributed by atoms with van der Waals surface area (Å²) < 4.78 is 16.5. The highest BCUT2D eigenvalue weighted by Gasteiger charge is 2.34. The molecule has 188 valence electrons. The van der Waals surface area contributed by atoms with E-state index in [4.69, 9.17) is 14.2 Å². The average Bonchev–Trinajstić information content (AvgIpc) is 2.83. The lowest BCUT2D eigenvalue weighted by Gasteiger charge is -2.36. The molecule has 1 aliphatic carbocycles. The molecule has 1 amide bonds. The number of anilines is 1. The molecule has 3 atom stereocenters. The van der Waals surface area contributed by atoms with E-state index in [0.717, 1.165) is 19.3 Å². The SMILES string of the molecule is CCOc1ccc(NC(=O)COC(=O)c2ccccc2C(=O)O[C@@H]2C[C@@H](C)CC[C@H]2C(C)C)cc1. The number of benzene rings is 2. The van der Waals surface area contributed by atoms with Gasteiger partial charge in [-0.15, -0.1) is 0 Å². The van der Waals surface area contributed by atoms with Crippen LogP contribution in [0, 0.1) is 17.8 Å². The summed E-state index contributed by atoms with van der Waals surface area (Å²) in [6.07, 6.45) is 2.77. The molecule has 2 aromatic rings. The predicted molar refractivity (Wildman–Crippen MR) is 134 cm³/mol. The van der Waals surface area contributed by atoms with Gasteiger partial charge < -0.3 is 19.5 Å². The largest absolute Gasteiger partial charge is 0.494 e. The molecule has 1 fully saturated rings. The third-order valence-electron chi connectivity index (χ3n) is 6.37. The first kappa shape index (κ1) is 26.3. The van der Waals surface area contributed by atoms with Gasteiger partial charge in [0, 0.05) is 5.69 Å². The Morgan fingerprint density at radius 2 is 1.63 bits per heavy atom. The molecule has 0 aliphatic heterocycles. The van der Waals surface area contributed by atoms with Gasteiger partial charge in [-0.2, -0.15) is 0 Å². The monoisotopic (exact) mass is 481 g/mol. The Morgan fingerprint density at radius 3 is 2.26 bits per heavy atom. The number of carbonyl (C=O) groups excluding carboxylic acids is 3. The van der Waals surface area contributed by atoms with Gasteiger partial charge in [0.15, 0.2) is 6.61 Å². The zero-order valence-electron chi connectivity index (χ0n) is 20.9. The van der Waals surface area contributed by atoms with Crippen molar-refractivity contribution in [1.29, 1.82) is 0 Å². The fraction of sp³-hybridized carbons (Fsp3) is 0.464. The smallest absolute Gasteiger partial charge is 0.339 e. The average molecular weight is 482 g/mol. The Labute approximate surface area is 207 Å². The minimum absolute atomic E-state index is 0.0799. The van der Waals surface area contributed by atoms with Gasteiger partial charge in [0.1, 0.15) is 11.9 Å². The van der Waals surface area contributed by atoms with Crippen LogP contribution in [0.15, 0.2) is 48.5 Å². The Kier molecular flexibility index (Phi) is 9.29. The van der Waals surface area contributed by atoms with Gasteiger partial charge in [-0.05, 0) is 73.9 Å². The van der Waals surface area contributed by atoms with Crippen molar-refractivity contribution < 1.29 is 28.6 Å². The van der Waals surface area contributed by atoms with E-state index in [9.17, 15) is 14.4 Å². The molecule has 0 unspecified atom stereocenters. The third kappa shape index (κ3) is 7.31. The second-order valence-electron chi connectivity index (χ2n) is 9.40. The second-order valence-corrected chi connectivity index (χ2v) is 9.40. The zero-order chi connectivity index (χ0) is 25.4. The van der Waals surface area contributed by atoms with Crippen molar-refractivity contribution in [2.75, 3.05) is 18.5 Å². The van der Waals surface area contributed by atoms with Gasteiger partial charge in [0.05, 0.1) is 17.7 Å². The molecular formula is C28H35NO6. The van der Waals surface area contributed by atoms with Gasteiger partial charge >= 0.3 is 11.9 Å². The van der Waals surface area contributed by atoms with E-state index in [1.807, 2.05) is 6.92 Å². The first-order valence-corrected chi connectivity index (χ1v) is 12.3. The van der Waals surface area contributed by atoms with Crippen LogP contribution in [0.25, 0.3) is 0 Å². The molecule has 0 saturated heterocycles. The van der Waals surface area contributed by atoms with Crippen LogP contribution >= 0.6 is 0 Å². The van der Waals surface area contributed by atoms with Crippen molar-refractivity contribution in [3.63, 3.8) is 0 Å². The lowest BCUT2D eigenvalue weighted by molar-refractivity contribution is -0.119. The molecule has 0 heterocycles. The maximum Gasteiger partial charge on any atom is 0.339 e. The molecule has 7 nitrogen and oxygen atoms in total. The number of esters is 2. The van der Waals surface area contributed by atoms with Gasteiger partial charge in [-0.3, -0.25) is 4.79 Å².